The standard InChI is InChI=1S/C16H21FN2O2.ClH/c17-13-1-3-14(4-2-13)21-11-15(20)19-9-6-16(7-10-19)5-8-18-12-16;/h1-4,18H,5-12H2;1H. The lowest BCUT2D eigenvalue weighted by Gasteiger charge is -2.38. The van der Waals surface area contributed by atoms with Crippen molar-refractivity contribution in [3.05, 3.63) is 30.1 Å². The van der Waals surface area contributed by atoms with Crippen LogP contribution in [-0.2, 0) is 4.79 Å². The molecule has 0 saturated carbocycles. The first-order chi connectivity index (χ1) is 10.2. The maximum absolute atomic E-state index is 12.8. The van der Waals surface area contributed by atoms with E-state index in [0.717, 1.165) is 39.0 Å². The molecule has 2 aliphatic heterocycles. The summed E-state index contributed by atoms with van der Waals surface area (Å²) in [5.41, 5.74) is 0.411. The van der Waals surface area contributed by atoms with Crippen LogP contribution in [0.15, 0.2) is 24.3 Å². The summed E-state index contributed by atoms with van der Waals surface area (Å²) in [4.78, 5) is 14.0. The molecule has 0 bridgehead atoms. The number of rotatable bonds is 3. The van der Waals surface area contributed by atoms with E-state index in [1.807, 2.05) is 4.90 Å². The fourth-order valence-electron chi connectivity index (χ4n) is 3.22. The average molecular weight is 329 g/mol. The smallest absolute Gasteiger partial charge is 0.260 e. The molecule has 1 amide bonds. The van der Waals surface area contributed by atoms with Gasteiger partial charge in [0.05, 0.1) is 0 Å². The van der Waals surface area contributed by atoms with Gasteiger partial charge in [-0.2, -0.15) is 0 Å². The van der Waals surface area contributed by atoms with Crippen LogP contribution in [0.2, 0.25) is 0 Å². The fourth-order valence-corrected chi connectivity index (χ4v) is 3.22. The van der Waals surface area contributed by atoms with E-state index in [9.17, 15) is 9.18 Å². The van der Waals surface area contributed by atoms with Crippen LogP contribution in [0.1, 0.15) is 19.3 Å². The molecule has 122 valence electrons. The second kappa shape index (κ2) is 7.29. The Morgan fingerprint density at radius 2 is 1.91 bits per heavy atom. The predicted molar refractivity (Wildman–Crippen MR) is 84.9 cm³/mol. The molecule has 1 spiro atoms. The molecule has 0 aromatic heterocycles. The number of hydrogen-bond donors (Lipinski definition) is 1. The van der Waals surface area contributed by atoms with E-state index in [1.165, 1.54) is 30.7 Å². The molecule has 0 radical (unpaired) electrons. The summed E-state index contributed by atoms with van der Waals surface area (Å²) in [5.74, 6) is 0.235. The van der Waals surface area contributed by atoms with Crippen LogP contribution in [0.4, 0.5) is 4.39 Å². The van der Waals surface area contributed by atoms with E-state index < -0.39 is 0 Å². The Bertz CT molecular complexity index is 493. The van der Waals surface area contributed by atoms with Crippen molar-refractivity contribution in [1.82, 2.24) is 10.2 Å². The summed E-state index contributed by atoms with van der Waals surface area (Å²) in [7, 11) is 0. The molecule has 4 nitrogen and oxygen atoms in total. The average Bonchev–Trinajstić information content (AvgIpc) is 2.95. The van der Waals surface area contributed by atoms with Crippen molar-refractivity contribution in [3.63, 3.8) is 0 Å². The van der Waals surface area contributed by atoms with Crippen LogP contribution in [0, 0.1) is 11.2 Å². The minimum absolute atomic E-state index is 0. The van der Waals surface area contributed by atoms with E-state index in [0.29, 0.717) is 11.2 Å². The van der Waals surface area contributed by atoms with Gasteiger partial charge in [0.1, 0.15) is 11.6 Å². The number of amides is 1. The maximum Gasteiger partial charge on any atom is 0.260 e. The minimum Gasteiger partial charge on any atom is -0.484 e. The SMILES string of the molecule is Cl.O=C(COc1ccc(F)cc1)N1CCC2(CCNC2)CC1. The maximum atomic E-state index is 12.8. The van der Waals surface area contributed by atoms with E-state index in [2.05, 4.69) is 5.32 Å². The third kappa shape index (κ3) is 3.90. The number of hydrogen-bond acceptors (Lipinski definition) is 3. The highest BCUT2D eigenvalue weighted by Crippen LogP contribution is 2.36. The molecule has 22 heavy (non-hydrogen) atoms. The highest BCUT2D eigenvalue weighted by atomic mass is 35.5. The Kier molecular flexibility index (Phi) is 5.64. The highest BCUT2D eigenvalue weighted by Gasteiger charge is 2.37. The first kappa shape index (κ1) is 17.0. The Morgan fingerprint density at radius 1 is 1.23 bits per heavy atom. The lowest BCUT2D eigenvalue weighted by Crippen LogP contribution is -2.45. The topological polar surface area (TPSA) is 41.6 Å². The molecule has 1 aromatic carbocycles. The van der Waals surface area contributed by atoms with Gasteiger partial charge < -0.3 is 15.0 Å². The van der Waals surface area contributed by atoms with Crippen molar-refractivity contribution in [2.75, 3.05) is 32.8 Å². The molecule has 1 N–H and O–H groups in total. The van der Waals surface area contributed by atoms with Gasteiger partial charge in [-0.15, -0.1) is 12.4 Å². The number of nitrogens with one attached hydrogen (secondary N) is 1. The molecule has 2 heterocycles. The molecule has 0 atom stereocenters. The molecule has 3 rings (SSSR count). The zero-order valence-corrected chi connectivity index (χ0v) is 13.3. The molecule has 2 fully saturated rings. The van der Waals surface area contributed by atoms with E-state index in [1.54, 1.807) is 0 Å². The lowest BCUT2D eigenvalue weighted by molar-refractivity contribution is -0.135. The molecule has 0 aliphatic carbocycles. The van der Waals surface area contributed by atoms with Crippen molar-refractivity contribution < 1.29 is 13.9 Å². The molecule has 1 aromatic rings. The van der Waals surface area contributed by atoms with E-state index >= 15 is 0 Å². The summed E-state index contributed by atoms with van der Waals surface area (Å²) in [6.45, 7) is 3.83. The van der Waals surface area contributed by atoms with E-state index in [-0.39, 0.29) is 30.7 Å². The van der Waals surface area contributed by atoms with Crippen molar-refractivity contribution in [3.8, 4) is 5.75 Å². The van der Waals surface area contributed by atoms with Gasteiger partial charge in [-0.1, -0.05) is 0 Å². The molecule has 6 heteroatoms. The van der Waals surface area contributed by atoms with E-state index in [4.69, 9.17) is 4.74 Å². The van der Waals surface area contributed by atoms with Crippen molar-refractivity contribution in [1.29, 1.82) is 0 Å². The normalized spacial score (nSPS) is 19.8. The number of benzene rings is 1. The van der Waals surface area contributed by atoms with Gasteiger partial charge in [-0.3, -0.25) is 4.79 Å². The van der Waals surface area contributed by atoms with Gasteiger partial charge in [0.15, 0.2) is 6.61 Å². The number of piperidine rings is 1. The number of nitrogens with zero attached hydrogens (tertiary/aromatic N) is 1. The number of ether oxygens (including phenoxy) is 1. The van der Waals surface area contributed by atoms with Crippen LogP contribution in [0.3, 0.4) is 0 Å². The monoisotopic (exact) mass is 328 g/mol. The molecular weight excluding hydrogens is 307 g/mol. The Hall–Kier alpha value is -1.33. The molecule has 2 saturated heterocycles. The van der Waals surface area contributed by atoms with Gasteiger partial charge in [0, 0.05) is 19.6 Å². The van der Waals surface area contributed by atoms with Crippen LogP contribution >= 0.6 is 12.4 Å². The minimum atomic E-state index is -0.305. The third-order valence-electron chi connectivity index (χ3n) is 4.68. The van der Waals surface area contributed by atoms with Crippen LogP contribution < -0.4 is 10.1 Å². The van der Waals surface area contributed by atoms with Gasteiger partial charge in [-0.05, 0) is 55.5 Å². The van der Waals surface area contributed by atoms with Crippen LogP contribution in [-0.4, -0.2) is 43.6 Å². The number of likely N-dealkylation sites (tertiary alicyclic amines) is 1. The lowest BCUT2D eigenvalue weighted by atomic mass is 9.78. The zero-order chi connectivity index (χ0) is 14.7. The van der Waals surface area contributed by atoms with Gasteiger partial charge >= 0.3 is 0 Å². The number of carbonyl (C=O) groups excluding carboxylic acids is 1. The first-order valence-electron chi connectivity index (χ1n) is 7.54. The van der Waals surface area contributed by atoms with Crippen LogP contribution in [0.25, 0.3) is 0 Å². The second-order valence-corrected chi connectivity index (χ2v) is 6.05. The van der Waals surface area contributed by atoms with Gasteiger partial charge in [0.25, 0.3) is 5.91 Å². The highest BCUT2D eigenvalue weighted by molar-refractivity contribution is 5.85. The Morgan fingerprint density at radius 3 is 2.50 bits per heavy atom. The Labute approximate surface area is 136 Å². The largest absolute Gasteiger partial charge is 0.484 e. The van der Waals surface area contributed by atoms with Crippen molar-refractivity contribution in [2.45, 2.75) is 19.3 Å². The third-order valence-corrected chi connectivity index (χ3v) is 4.68. The van der Waals surface area contributed by atoms with Crippen LogP contribution in [0.5, 0.6) is 5.75 Å². The summed E-state index contributed by atoms with van der Waals surface area (Å²) in [6, 6.07) is 5.74. The summed E-state index contributed by atoms with van der Waals surface area (Å²) >= 11 is 0. The summed E-state index contributed by atoms with van der Waals surface area (Å²) in [5, 5.41) is 3.42. The Balaban J connectivity index is 0.00000176. The van der Waals surface area contributed by atoms with Crippen molar-refractivity contribution in [2.24, 2.45) is 5.41 Å². The molecular formula is C16H22ClFN2O2. The fraction of sp³-hybridized carbons (Fsp3) is 0.562. The quantitative estimate of drug-likeness (QED) is 0.925. The van der Waals surface area contributed by atoms with Crippen molar-refractivity contribution >= 4 is 18.3 Å². The molecule has 2 aliphatic rings. The second-order valence-electron chi connectivity index (χ2n) is 6.05. The van der Waals surface area contributed by atoms with Gasteiger partial charge in [0.2, 0.25) is 0 Å². The summed E-state index contributed by atoms with van der Waals surface area (Å²) in [6.07, 6.45) is 3.37. The zero-order valence-electron chi connectivity index (χ0n) is 12.5. The van der Waals surface area contributed by atoms with Gasteiger partial charge in [-0.25, -0.2) is 4.39 Å². The molecule has 0 unspecified atom stereocenters. The summed E-state index contributed by atoms with van der Waals surface area (Å²) < 4.78 is 18.2. The first-order valence-corrected chi connectivity index (χ1v) is 7.54. The predicted octanol–water partition coefficient (Wildman–Crippen LogP) is 2.23. The number of carbonyl (C=O) groups is 1. The number of halogens is 2.